The van der Waals surface area contributed by atoms with Crippen molar-refractivity contribution >= 4 is 23.2 Å². The van der Waals surface area contributed by atoms with E-state index in [-0.39, 0.29) is 11.9 Å². The van der Waals surface area contributed by atoms with Gasteiger partial charge in [0.05, 0.1) is 5.69 Å². The SMILES string of the molecule is CC(C)N1C(=O)C(C)(C)Oc2ccc(Cl)cc21. The van der Waals surface area contributed by atoms with Crippen LogP contribution in [0.15, 0.2) is 18.2 Å². The average Bonchev–Trinajstić information content (AvgIpc) is 2.20. The molecular formula is C13H16ClNO2. The van der Waals surface area contributed by atoms with E-state index >= 15 is 0 Å². The van der Waals surface area contributed by atoms with Crippen LogP contribution in [0.2, 0.25) is 5.02 Å². The molecule has 2 rings (SSSR count). The number of halogens is 1. The van der Waals surface area contributed by atoms with Crippen LogP contribution in [-0.4, -0.2) is 17.6 Å². The fourth-order valence-electron chi connectivity index (χ4n) is 2.00. The summed E-state index contributed by atoms with van der Waals surface area (Å²) in [4.78, 5) is 14.1. The van der Waals surface area contributed by atoms with Crippen molar-refractivity contribution in [2.75, 3.05) is 4.90 Å². The Morgan fingerprint density at radius 2 is 2.00 bits per heavy atom. The number of carbonyl (C=O) groups is 1. The van der Waals surface area contributed by atoms with Gasteiger partial charge in [-0.05, 0) is 45.9 Å². The van der Waals surface area contributed by atoms with Crippen molar-refractivity contribution in [1.29, 1.82) is 0 Å². The summed E-state index contributed by atoms with van der Waals surface area (Å²) in [6.45, 7) is 7.51. The summed E-state index contributed by atoms with van der Waals surface area (Å²) in [6.07, 6.45) is 0. The number of hydrogen-bond acceptors (Lipinski definition) is 2. The fourth-order valence-corrected chi connectivity index (χ4v) is 2.16. The number of fused-ring (bicyclic) bond motifs is 1. The van der Waals surface area contributed by atoms with E-state index in [1.807, 2.05) is 13.8 Å². The molecule has 0 radical (unpaired) electrons. The number of ether oxygens (including phenoxy) is 1. The summed E-state index contributed by atoms with van der Waals surface area (Å²) in [5.74, 6) is 0.662. The zero-order chi connectivity index (χ0) is 12.8. The van der Waals surface area contributed by atoms with Crippen molar-refractivity contribution in [3.05, 3.63) is 23.2 Å². The number of benzene rings is 1. The second-order valence-electron chi connectivity index (χ2n) is 4.99. The lowest BCUT2D eigenvalue weighted by Gasteiger charge is -2.40. The predicted octanol–water partition coefficient (Wildman–Crippen LogP) is 3.25. The van der Waals surface area contributed by atoms with Gasteiger partial charge in [-0.2, -0.15) is 0 Å². The Balaban J connectivity index is 2.59. The lowest BCUT2D eigenvalue weighted by atomic mass is 10.0. The maximum Gasteiger partial charge on any atom is 0.270 e. The van der Waals surface area contributed by atoms with Gasteiger partial charge in [-0.1, -0.05) is 11.6 Å². The molecule has 1 aromatic carbocycles. The van der Waals surface area contributed by atoms with Gasteiger partial charge in [0.15, 0.2) is 5.60 Å². The van der Waals surface area contributed by atoms with E-state index in [4.69, 9.17) is 16.3 Å². The maximum atomic E-state index is 12.3. The third-order valence-electron chi connectivity index (χ3n) is 2.80. The first kappa shape index (κ1) is 12.2. The summed E-state index contributed by atoms with van der Waals surface area (Å²) in [6, 6.07) is 5.42. The normalized spacial score (nSPS) is 18.0. The Hall–Kier alpha value is -1.22. The van der Waals surface area contributed by atoms with E-state index in [2.05, 4.69) is 0 Å². The van der Waals surface area contributed by atoms with Gasteiger partial charge in [0.1, 0.15) is 5.75 Å². The highest BCUT2D eigenvalue weighted by Crippen LogP contribution is 2.40. The Bertz CT molecular complexity index is 468. The van der Waals surface area contributed by atoms with Crippen LogP contribution in [0.25, 0.3) is 0 Å². The molecule has 1 aromatic rings. The highest BCUT2D eigenvalue weighted by atomic mass is 35.5. The number of rotatable bonds is 1. The quantitative estimate of drug-likeness (QED) is 0.769. The second-order valence-corrected chi connectivity index (χ2v) is 5.43. The molecule has 0 aliphatic carbocycles. The molecule has 0 fully saturated rings. The van der Waals surface area contributed by atoms with Crippen LogP contribution in [0, 0.1) is 0 Å². The van der Waals surface area contributed by atoms with E-state index in [9.17, 15) is 4.79 Å². The van der Waals surface area contributed by atoms with Crippen molar-refractivity contribution in [3.63, 3.8) is 0 Å². The Kier molecular flexibility index (Phi) is 2.82. The molecule has 0 N–H and O–H groups in total. The van der Waals surface area contributed by atoms with Crippen LogP contribution in [0.1, 0.15) is 27.7 Å². The molecule has 0 unspecified atom stereocenters. The van der Waals surface area contributed by atoms with Gasteiger partial charge in [-0.25, -0.2) is 0 Å². The first-order valence-corrected chi connectivity index (χ1v) is 6.03. The minimum atomic E-state index is -0.828. The molecule has 0 spiro atoms. The average molecular weight is 254 g/mol. The molecule has 0 aromatic heterocycles. The number of hydrogen-bond donors (Lipinski definition) is 0. The van der Waals surface area contributed by atoms with Crippen molar-refractivity contribution < 1.29 is 9.53 Å². The summed E-state index contributed by atoms with van der Waals surface area (Å²) >= 11 is 5.97. The molecule has 0 atom stereocenters. The van der Waals surface area contributed by atoms with Crippen LogP contribution in [0.5, 0.6) is 5.75 Å². The van der Waals surface area contributed by atoms with Crippen LogP contribution in [-0.2, 0) is 4.79 Å². The molecule has 1 aliphatic heterocycles. The lowest BCUT2D eigenvalue weighted by Crippen LogP contribution is -2.54. The summed E-state index contributed by atoms with van der Waals surface area (Å²) in [5.41, 5.74) is -0.0812. The summed E-state index contributed by atoms with van der Waals surface area (Å²) in [7, 11) is 0. The van der Waals surface area contributed by atoms with Crippen LogP contribution in [0.3, 0.4) is 0 Å². The highest BCUT2D eigenvalue weighted by molar-refractivity contribution is 6.31. The molecule has 0 saturated heterocycles. The molecule has 3 nitrogen and oxygen atoms in total. The molecule has 1 heterocycles. The smallest absolute Gasteiger partial charge is 0.270 e. The van der Waals surface area contributed by atoms with Crippen molar-refractivity contribution in [2.45, 2.75) is 39.3 Å². The zero-order valence-electron chi connectivity index (χ0n) is 10.5. The largest absolute Gasteiger partial charge is 0.476 e. The van der Waals surface area contributed by atoms with E-state index in [0.29, 0.717) is 10.8 Å². The van der Waals surface area contributed by atoms with E-state index in [1.165, 1.54) is 0 Å². The minimum absolute atomic E-state index is 0.0396. The Labute approximate surface area is 106 Å². The minimum Gasteiger partial charge on any atom is -0.476 e. The van der Waals surface area contributed by atoms with Gasteiger partial charge in [-0.3, -0.25) is 4.79 Å². The Morgan fingerprint density at radius 3 is 2.59 bits per heavy atom. The number of amides is 1. The highest BCUT2D eigenvalue weighted by Gasteiger charge is 2.41. The molecule has 0 bridgehead atoms. The van der Waals surface area contributed by atoms with Crippen molar-refractivity contribution in [2.24, 2.45) is 0 Å². The number of carbonyl (C=O) groups excluding carboxylic acids is 1. The van der Waals surface area contributed by atoms with Gasteiger partial charge < -0.3 is 9.64 Å². The van der Waals surface area contributed by atoms with Gasteiger partial charge in [0.25, 0.3) is 5.91 Å². The molecule has 1 aliphatic rings. The molecular weight excluding hydrogens is 238 g/mol. The van der Waals surface area contributed by atoms with E-state index in [1.54, 1.807) is 36.9 Å². The molecule has 4 heteroatoms. The van der Waals surface area contributed by atoms with E-state index in [0.717, 1.165) is 5.69 Å². The zero-order valence-corrected chi connectivity index (χ0v) is 11.2. The van der Waals surface area contributed by atoms with Gasteiger partial charge in [0, 0.05) is 11.1 Å². The standard InChI is InChI=1S/C13H16ClNO2/c1-8(2)15-10-7-9(14)5-6-11(10)17-13(3,4)12(15)16/h5-8H,1-4H3. The molecule has 92 valence electrons. The first-order valence-electron chi connectivity index (χ1n) is 5.65. The summed E-state index contributed by atoms with van der Waals surface area (Å²) in [5, 5.41) is 0.602. The topological polar surface area (TPSA) is 29.5 Å². The third kappa shape index (κ3) is 2.00. The Morgan fingerprint density at radius 1 is 1.35 bits per heavy atom. The molecule has 0 saturated carbocycles. The van der Waals surface area contributed by atoms with Gasteiger partial charge in [0.2, 0.25) is 0 Å². The van der Waals surface area contributed by atoms with Gasteiger partial charge in [-0.15, -0.1) is 0 Å². The number of nitrogens with zero attached hydrogens (tertiary/aromatic N) is 1. The summed E-state index contributed by atoms with van der Waals surface area (Å²) < 4.78 is 5.72. The van der Waals surface area contributed by atoms with Crippen LogP contribution >= 0.6 is 11.6 Å². The maximum absolute atomic E-state index is 12.3. The predicted molar refractivity (Wildman–Crippen MR) is 68.8 cm³/mol. The molecule has 1 amide bonds. The van der Waals surface area contributed by atoms with E-state index < -0.39 is 5.60 Å². The fraction of sp³-hybridized carbons (Fsp3) is 0.462. The molecule has 17 heavy (non-hydrogen) atoms. The van der Waals surface area contributed by atoms with Gasteiger partial charge >= 0.3 is 0 Å². The van der Waals surface area contributed by atoms with Crippen molar-refractivity contribution in [3.8, 4) is 5.75 Å². The van der Waals surface area contributed by atoms with Crippen molar-refractivity contribution in [1.82, 2.24) is 0 Å². The third-order valence-corrected chi connectivity index (χ3v) is 3.03. The van der Waals surface area contributed by atoms with Crippen LogP contribution in [0.4, 0.5) is 5.69 Å². The van der Waals surface area contributed by atoms with Crippen LogP contribution < -0.4 is 9.64 Å². The monoisotopic (exact) mass is 253 g/mol. The number of anilines is 1. The second kappa shape index (κ2) is 3.91. The first-order chi connectivity index (χ1) is 7.83. The lowest BCUT2D eigenvalue weighted by molar-refractivity contribution is -0.133.